The SMILES string of the molecule is CCN(CC)S(=O)(=O)c1ccc(N/N=C(\C)c2ccc(Br)cc2)nc1. The zero-order valence-electron chi connectivity index (χ0n) is 14.4. The van der Waals surface area contributed by atoms with Crippen molar-refractivity contribution in [1.29, 1.82) is 0 Å². The van der Waals surface area contributed by atoms with Crippen LogP contribution in [0.15, 0.2) is 57.1 Å². The Balaban J connectivity index is 2.12. The molecule has 2 rings (SSSR count). The second-order valence-electron chi connectivity index (χ2n) is 5.28. The number of sulfonamides is 1. The number of hydrogen-bond acceptors (Lipinski definition) is 5. The topological polar surface area (TPSA) is 74.7 Å². The summed E-state index contributed by atoms with van der Waals surface area (Å²) in [4.78, 5) is 4.32. The lowest BCUT2D eigenvalue weighted by Crippen LogP contribution is -2.30. The maximum Gasteiger partial charge on any atom is 0.244 e. The number of rotatable bonds is 7. The van der Waals surface area contributed by atoms with Gasteiger partial charge < -0.3 is 0 Å². The van der Waals surface area contributed by atoms with Crippen LogP contribution in [0.2, 0.25) is 0 Å². The second kappa shape index (κ2) is 8.55. The van der Waals surface area contributed by atoms with Crippen molar-refractivity contribution in [3.05, 3.63) is 52.6 Å². The molecule has 1 heterocycles. The lowest BCUT2D eigenvalue weighted by Gasteiger charge is -2.18. The maximum atomic E-state index is 12.4. The van der Waals surface area contributed by atoms with Crippen molar-refractivity contribution in [2.45, 2.75) is 25.7 Å². The van der Waals surface area contributed by atoms with Crippen molar-refractivity contribution in [1.82, 2.24) is 9.29 Å². The van der Waals surface area contributed by atoms with Gasteiger partial charge in [0.2, 0.25) is 10.0 Å². The zero-order valence-corrected chi connectivity index (χ0v) is 16.8. The van der Waals surface area contributed by atoms with Crippen molar-refractivity contribution in [3.63, 3.8) is 0 Å². The average molecular weight is 425 g/mol. The minimum atomic E-state index is -3.49. The summed E-state index contributed by atoms with van der Waals surface area (Å²) in [6.07, 6.45) is 1.35. The predicted molar refractivity (Wildman–Crippen MR) is 104 cm³/mol. The highest BCUT2D eigenvalue weighted by molar-refractivity contribution is 9.10. The first kappa shape index (κ1) is 19.6. The summed E-state index contributed by atoms with van der Waals surface area (Å²) in [6.45, 7) is 6.36. The van der Waals surface area contributed by atoms with Gasteiger partial charge in [-0.2, -0.15) is 9.41 Å². The van der Waals surface area contributed by atoms with Crippen LogP contribution >= 0.6 is 15.9 Å². The van der Waals surface area contributed by atoms with Gasteiger partial charge in [-0.15, -0.1) is 0 Å². The van der Waals surface area contributed by atoms with E-state index in [2.05, 4.69) is 31.4 Å². The number of hydrogen-bond donors (Lipinski definition) is 1. The molecule has 0 radical (unpaired) electrons. The van der Waals surface area contributed by atoms with E-state index in [0.717, 1.165) is 15.7 Å². The summed E-state index contributed by atoms with van der Waals surface area (Å²) in [5.74, 6) is 0.481. The van der Waals surface area contributed by atoms with Crippen molar-refractivity contribution < 1.29 is 8.42 Å². The summed E-state index contributed by atoms with van der Waals surface area (Å²) in [5.41, 5.74) is 4.63. The first-order valence-corrected chi connectivity index (χ1v) is 10.1. The Morgan fingerprint density at radius 1 is 1.16 bits per heavy atom. The minimum absolute atomic E-state index is 0.176. The fourth-order valence-corrected chi connectivity index (χ4v) is 3.88. The van der Waals surface area contributed by atoms with Gasteiger partial charge in [0.05, 0.1) is 5.71 Å². The zero-order chi connectivity index (χ0) is 18.4. The van der Waals surface area contributed by atoms with E-state index in [1.807, 2.05) is 45.0 Å². The molecule has 1 aromatic heterocycles. The average Bonchev–Trinajstić information content (AvgIpc) is 2.61. The van der Waals surface area contributed by atoms with Crippen molar-refractivity contribution >= 4 is 37.5 Å². The highest BCUT2D eigenvalue weighted by Crippen LogP contribution is 2.16. The molecule has 0 fully saturated rings. The van der Waals surface area contributed by atoms with Crippen LogP contribution in [-0.2, 0) is 10.0 Å². The molecule has 6 nitrogen and oxygen atoms in total. The van der Waals surface area contributed by atoms with E-state index in [9.17, 15) is 8.42 Å². The number of hydrazone groups is 1. The molecule has 134 valence electrons. The number of anilines is 1. The third kappa shape index (κ3) is 4.87. The van der Waals surface area contributed by atoms with Crippen LogP contribution in [0.25, 0.3) is 0 Å². The number of aromatic nitrogens is 1. The molecule has 0 saturated heterocycles. The Bertz CT molecular complexity index is 830. The highest BCUT2D eigenvalue weighted by Gasteiger charge is 2.21. The number of benzene rings is 1. The van der Waals surface area contributed by atoms with Crippen molar-refractivity contribution in [2.24, 2.45) is 5.10 Å². The molecule has 0 unspecified atom stereocenters. The molecule has 0 aliphatic carbocycles. The molecular formula is C17H21BrN4O2S. The molecular weight excluding hydrogens is 404 g/mol. The van der Waals surface area contributed by atoms with Crippen LogP contribution in [0.3, 0.4) is 0 Å². The fourth-order valence-electron chi connectivity index (χ4n) is 2.21. The number of nitrogens with zero attached hydrogens (tertiary/aromatic N) is 3. The van der Waals surface area contributed by atoms with E-state index in [4.69, 9.17) is 0 Å². The van der Waals surface area contributed by atoms with Gasteiger partial charge >= 0.3 is 0 Å². The fraction of sp³-hybridized carbons (Fsp3) is 0.294. The van der Waals surface area contributed by atoms with E-state index in [1.54, 1.807) is 6.07 Å². The van der Waals surface area contributed by atoms with Gasteiger partial charge in [0.1, 0.15) is 10.7 Å². The van der Waals surface area contributed by atoms with E-state index in [-0.39, 0.29) is 4.90 Å². The Hall–Kier alpha value is -1.77. The molecule has 0 saturated carbocycles. The Kier molecular flexibility index (Phi) is 6.69. The maximum absolute atomic E-state index is 12.4. The largest absolute Gasteiger partial charge is 0.261 e. The van der Waals surface area contributed by atoms with E-state index in [1.165, 1.54) is 16.6 Å². The molecule has 0 spiro atoms. The first-order valence-electron chi connectivity index (χ1n) is 7.91. The summed E-state index contributed by atoms with van der Waals surface area (Å²) < 4.78 is 27.2. The van der Waals surface area contributed by atoms with Crippen molar-refractivity contribution in [2.75, 3.05) is 18.5 Å². The molecule has 0 aliphatic heterocycles. The third-order valence-electron chi connectivity index (χ3n) is 3.68. The van der Waals surface area contributed by atoms with E-state index >= 15 is 0 Å². The number of pyridine rings is 1. The van der Waals surface area contributed by atoms with Gasteiger partial charge in [-0.1, -0.05) is 41.9 Å². The van der Waals surface area contributed by atoms with Gasteiger partial charge in [-0.3, -0.25) is 5.43 Å². The lowest BCUT2D eigenvalue weighted by atomic mass is 10.1. The summed E-state index contributed by atoms with van der Waals surface area (Å²) in [6, 6.07) is 10.9. The van der Waals surface area contributed by atoms with Crippen LogP contribution in [0.5, 0.6) is 0 Å². The normalized spacial score (nSPS) is 12.4. The smallest absolute Gasteiger partial charge is 0.244 e. The van der Waals surface area contributed by atoms with Gasteiger partial charge in [0.15, 0.2) is 0 Å². The monoisotopic (exact) mass is 424 g/mol. The molecule has 25 heavy (non-hydrogen) atoms. The molecule has 0 aliphatic rings. The van der Waals surface area contributed by atoms with E-state index in [0.29, 0.717) is 18.9 Å². The van der Waals surface area contributed by atoms with Gasteiger partial charge in [0, 0.05) is 23.8 Å². The van der Waals surface area contributed by atoms with Gasteiger partial charge in [0.25, 0.3) is 0 Å². The summed E-state index contributed by atoms with van der Waals surface area (Å²) in [7, 11) is -3.49. The quantitative estimate of drug-likeness (QED) is 0.542. The van der Waals surface area contributed by atoms with Crippen LogP contribution in [0.4, 0.5) is 5.82 Å². The third-order valence-corrected chi connectivity index (χ3v) is 6.24. The Labute approximate surface area is 157 Å². The molecule has 2 aromatic rings. The molecule has 1 aromatic carbocycles. The molecule has 0 amide bonds. The molecule has 0 bridgehead atoms. The van der Waals surface area contributed by atoms with E-state index < -0.39 is 10.0 Å². The van der Waals surface area contributed by atoms with Gasteiger partial charge in [-0.25, -0.2) is 13.4 Å². The summed E-state index contributed by atoms with van der Waals surface area (Å²) >= 11 is 3.40. The number of halogens is 1. The molecule has 0 atom stereocenters. The second-order valence-corrected chi connectivity index (χ2v) is 8.14. The van der Waals surface area contributed by atoms with Crippen LogP contribution in [0.1, 0.15) is 26.3 Å². The summed E-state index contributed by atoms with van der Waals surface area (Å²) in [5, 5.41) is 4.28. The molecule has 8 heteroatoms. The predicted octanol–water partition coefficient (Wildman–Crippen LogP) is 3.71. The van der Waals surface area contributed by atoms with Crippen molar-refractivity contribution in [3.8, 4) is 0 Å². The molecule has 1 N–H and O–H groups in total. The highest BCUT2D eigenvalue weighted by atomic mass is 79.9. The standard InChI is InChI=1S/C17H21BrN4O2S/c1-4-22(5-2)25(23,24)16-10-11-17(19-12-16)21-20-13(3)14-6-8-15(18)9-7-14/h6-12H,4-5H2,1-3H3,(H,19,21)/b20-13+. The minimum Gasteiger partial charge on any atom is -0.261 e. The number of nitrogens with one attached hydrogen (secondary N) is 1. The van der Waals surface area contributed by atoms with Crippen LogP contribution < -0.4 is 5.43 Å². The lowest BCUT2D eigenvalue weighted by molar-refractivity contribution is 0.445. The van der Waals surface area contributed by atoms with Gasteiger partial charge in [-0.05, 0) is 36.8 Å². The van der Waals surface area contributed by atoms with Crippen LogP contribution in [-0.4, -0.2) is 36.5 Å². The Morgan fingerprint density at radius 2 is 1.80 bits per heavy atom. The first-order chi connectivity index (χ1) is 11.9. The Morgan fingerprint density at radius 3 is 2.32 bits per heavy atom. The van der Waals surface area contributed by atoms with Crippen LogP contribution in [0, 0.1) is 0 Å².